The highest BCUT2D eigenvalue weighted by Gasteiger charge is 2.39. The second-order valence-electron chi connectivity index (χ2n) is 3.22. The molecule has 3 nitrogen and oxygen atoms in total. The Labute approximate surface area is 72.6 Å². The van der Waals surface area contributed by atoms with Crippen molar-refractivity contribution in [2.75, 3.05) is 26.3 Å². The van der Waals surface area contributed by atoms with Gasteiger partial charge in [0.25, 0.3) is 0 Å². The van der Waals surface area contributed by atoms with Gasteiger partial charge in [0.05, 0.1) is 19.7 Å². The third-order valence-electron chi connectivity index (χ3n) is 2.09. The molecule has 13 heavy (non-hydrogen) atoms. The predicted octanol–water partition coefficient (Wildman–Crippen LogP) is 1.54. The summed E-state index contributed by atoms with van der Waals surface area (Å²) in [4.78, 5) is 0. The van der Waals surface area contributed by atoms with Crippen LogP contribution in [-0.2, 0) is 4.74 Å². The van der Waals surface area contributed by atoms with Crippen molar-refractivity contribution in [1.29, 1.82) is 0 Å². The Balaban J connectivity index is 2.52. The minimum Gasteiger partial charge on any atom is -0.381 e. The summed E-state index contributed by atoms with van der Waals surface area (Å²) in [5, 5.41) is -2.14. The third-order valence-corrected chi connectivity index (χ3v) is 2.09. The molecule has 0 amide bonds. The van der Waals surface area contributed by atoms with Gasteiger partial charge in [-0.2, -0.15) is 0 Å². The zero-order valence-corrected chi connectivity index (χ0v) is 6.85. The van der Waals surface area contributed by atoms with E-state index in [2.05, 4.69) is 0 Å². The maximum absolute atomic E-state index is 11.9. The first-order valence-electron chi connectivity index (χ1n) is 3.80. The van der Waals surface area contributed by atoms with E-state index in [-0.39, 0.29) is 19.6 Å². The average Bonchev–Trinajstić information content (AvgIpc) is 2.33. The molecule has 0 aromatic rings. The summed E-state index contributed by atoms with van der Waals surface area (Å²) in [7, 11) is 0. The molecule has 0 aliphatic carbocycles. The van der Waals surface area contributed by atoms with Gasteiger partial charge in [-0.3, -0.25) is 0 Å². The third kappa shape index (κ3) is 3.09. The SMILES string of the molecule is FN(F)CC1(CN(F)F)CCOC1. The van der Waals surface area contributed by atoms with E-state index in [1.165, 1.54) is 0 Å². The molecule has 1 fully saturated rings. The van der Waals surface area contributed by atoms with Crippen LogP contribution in [0.1, 0.15) is 6.42 Å². The standard InChI is InChI=1S/C6H10F4N2O/c7-11(8)3-6(4-12(9)10)1-2-13-5-6/h1-5H2. The summed E-state index contributed by atoms with van der Waals surface area (Å²) in [6.07, 6.45) is 0.238. The fourth-order valence-electron chi connectivity index (χ4n) is 1.46. The van der Waals surface area contributed by atoms with Gasteiger partial charge in [0, 0.05) is 22.7 Å². The van der Waals surface area contributed by atoms with Crippen molar-refractivity contribution < 1.29 is 22.7 Å². The van der Waals surface area contributed by atoms with Gasteiger partial charge in [0.15, 0.2) is 0 Å². The molecule has 0 N–H and O–H groups in total. The molecule has 1 rings (SSSR count). The summed E-state index contributed by atoms with van der Waals surface area (Å²) in [5.74, 6) is 0. The maximum Gasteiger partial charge on any atom is 0.0713 e. The zero-order chi connectivity index (χ0) is 9.90. The van der Waals surface area contributed by atoms with Gasteiger partial charge in [0.1, 0.15) is 0 Å². The number of hydrogen-bond acceptors (Lipinski definition) is 3. The van der Waals surface area contributed by atoms with Crippen LogP contribution in [0.5, 0.6) is 0 Å². The number of hydrogen-bond donors (Lipinski definition) is 0. The van der Waals surface area contributed by atoms with Crippen molar-refractivity contribution in [3.05, 3.63) is 0 Å². The van der Waals surface area contributed by atoms with Gasteiger partial charge in [-0.15, -0.1) is 17.9 Å². The van der Waals surface area contributed by atoms with Crippen LogP contribution in [0.2, 0.25) is 0 Å². The first-order chi connectivity index (χ1) is 6.04. The molecule has 1 aliphatic rings. The summed E-state index contributed by atoms with van der Waals surface area (Å²) in [6.45, 7) is -1.14. The van der Waals surface area contributed by atoms with E-state index in [1.54, 1.807) is 0 Å². The van der Waals surface area contributed by atoms with Crippen molar-refractivity contribution in [2.24, 2.45) is 5.41 Å². The Morgan fingerprint density at radius 3 is 1.92 bits per heavy atom. The first kappa shape index (κ1) is 10.7. The fraction of sp³-hybridized carbons (Fsp3) is 1.00. The molecule has 0 aromatic heterocycles. The molecule has 0 spiro atoms. The van der Waals surface area contributed by atoms with Gasteiger partial charge < -0.3 is 4.74 Å². The normalized spacial score (nSPS) is 21.7. The molecule has 0 radical (unpaired) electrons. The lowest BCUT2D eigenvalue weighted by molar-refractivity contribution is -0.210. The molecule has 0 saturated carbocycles. The van der Waals surface area contributed by atoms with Crippen LogP contribution in [0.4, 0.5) is 17.9 Å². The number of halogens is 4. The fourth-order valence-corrected chi connectivity index (χ4v) is 1.46. The maximum atomic E-state index is 11.9. The Hall–Kier alpha value is -0.400. The van der Waals surface area contributed by atoms with E-state index in [9.17, 15) is 17.9 Å². The molecule has 0 unspecified atom stereocenters. The molecule has 1 saturated heterocycles. The highest BCUT2D eigenvalue weighted by atomic mass is 19.4. The van der Waals surface area contributed by atoms with E-state index in [4.69, 9.17) is 4.74 Å². The number of rotatable bonds is 4. The van der Waals surface area contributed by atoms with E-state index in [1.807, 2.05) is 0 Å². The van der Waals surface area contributed by atoms with Crippen molar-refractivity contribution in [2.45, 2.75) is 6.42 Å². The highest BCUT2D eigenvalue weighted by molar-refractivity contribution is 4.85. The Kier molecular flexibility index (Phi) is 3.46. The van der Waals surface area contributed by atoms with E-state index < -0.39 is 29.2 Å². The number of nitrogens with zero attached hydrogens (tertiary/aromatic N) is 2. The average molecular weight is 202 g/mol. The quantitative estimate of drug-likeness (QED) is 0.508. The first-order valence-corrected chi connectivity index (χ1v) is 3.80. The van der Waals surface area contributed by atoms with Crippen molar-refractivity contribution in [1.82, 2.24) is 10.7 Å². The summed E-state index contributed by atoms with van der Waals surface area (Å²) in [5.41, 5.74) is -1.13. The van der Waals surface area contributed by atoms with Crippen molar-refractivity contribution >= 4 is 0 Å². The summed E-state index contributed by atoms with van der Waals surface area (Å²) in [6, 6.07) is 0. The van der Waals surface area contributed by atoms with E-state index in [0.717, 1.165) is 0 Å². The molecule has 78 valence electrons. The molecular weight excluding hydrogens is 192 g/mol. The molecule has 0 aromatic carbocycles. The second-order valence-corrected chi connectivity index (χ2v) is 3.22. The molecule has 1 heterocycles. The lowest BCUT2D eigenvalue weighted by atomic mass is 9.88. The molecule has 7 heteroatoms. The topological polar surface area (TPSA) is 15.7 Å². The zero-order valence-electron chi connectivity index (χ0n) is 6.85. The molecular formula is C6H10F4N2O. The minimum atomic E-state index is -1.13. The van der Waals surface area contributed by atoms with Crippen LogP contribution >= 0.6 is 0 Å². The van der Waals surface area contributed by atoms with E-state index >= 15 is 0 Å². The Morgan fingerprint density at radius 2 is 1.62 bits per heavy atom. The lowest BCUT2D eigenvalue weighted by Crippen LogP contribution is -2.38. The highest BCUT2D eigenvalue weighted by Crippen LogP contribution is 2.31. The van der Waals surface area contributed by atoms with Crippen LogP contribution < -0.4 is 0 Å². The molecule has 1 aliphatic heterocycles. The van der Waals surface area contributed by atoms with Crippen LogP contribution in [-0.4, -0.2) is 37.0 Å². The minimum absolute atomic E-state index is 0.0400. The Bertz CT molecular complexity index is 149. The number of ether oxygens (including phenoxy) is 1. The largest absolute Gasteiger partial charge is 0.381 e. The molecule has 0 bridgehead atoms. The van der Waals surface area contributed by atoms with Gasteiger partial charge >= 0.3 is 0 Å². The van der Waals surface area contributed by atoms with Gasteiger partial charge in [-0.1, -0.05) is 0 Å². The van der Waals surface area contributed by atoms with Crippen LogP contribution in [0, 0.1) is 5.41 Å². The Morgan fingerprint density at radius 1 is 1.08 bits per heavy atom. The van der Waals surface area contributed by atoms with Crippen molar-refractivity contribution in [3.8, 4) is 0 Å². The van der Waals surface area contributed by atoms with Crippen LogP contribution in [0.15, 0.2) is 0 Å². The van der Waals surface area contributed by atoms with Crippen LogP contribution in [0.3, 0.4) is 0 Å². The lowest BCUT2D eigenvalue weighted by Gasteiger charge is -2.25. The van der Waals surface area contributed by atoms with Crippen molar-refractivity contribution in [3.63, 3.8) is 0 Å². The van der Waals surface area contributed by atoms with Gasteiger partial charge in [-0.05, 0) is 6.42 Å². The monoisotopic (exact) mass is 202 g/mol. The van der Waals surface area contributed by atoms with E-state index in [0.29, 0.717) is 0 Å². The molecule has 0 atom stereocenters. The smallest absolute Gasteiger partial charge is 0.0713 e. The van der Waals surface area contributed by atoms with Gasteiger partial charge in [-0.25, -0.2) is 0 Å². The summed E-state index contributed by atoms with van der Waals surface area (Å²) < 4.78 is 52.4. The van der Waals surface area contributed by atoms with Crippen LogP contribution in [0.25, 0.3) is 0 Å². The second kappa shape index (κ2) is 4.21. The predicted molar refractivity (Wildman–Crippen MR) is 35.7 cm³/mol. The summed E-state index contributed by atoms with van der Waals surface area (Å²) >= 11 is 0. The van der Waals surface area contributed by atoms with Gasteiger partial charge in [0.2, 0.25) is 0 Å².